The molecule has 0 heterocycles. The van der Waals surface area contributed by atoms with Crippen LogP contribution in [0, 0.1) is 0 Å². The van der Waals surface area contributed by atoms with Crippen molar-refractivity contribution in [2.75, 3.05) is 0 Å². The van der Waals surface area contributed by atoms with E-state index >= 15 is 0 Å². The van der Waals surface area contributed by atoms with Crippen molar-refractivity contribution in [3.8, 4) is 0 Å². The second kappa shape index (κ2) is 23.2. The topological polar surface area (TPSA) is 0 Å². The minimum Gasteiger partial charge on any atom is -0.147 e. The van der Waals surface area contributed by atoms with Crippen LogP contribution < -0.4 is 0 Å². The molecule has 0 saturated carbocycles. The maximum atomic E-state index is 2.23. The van der Waals surface area contributed by atoms with Gasteiger partial charge in [0.15, 0.2) is 0 Å². The van der Waals surface area contributed by atoms with Gasteiger partial charge in [0.05, 0.1) is 0 Å². The zero-order valence-electron chi connectivity index (χ0n) is 6.05. The van der Waals surface area contributed by atoms with Crippen LogP contribution in [0.5, 0.6) is 0 Å². The average Bonchev–Trinajstić information content (AvgIpc) is 1.61. The lowest BCUT2D eigenvalue weighted by atomic mass is 10.2. The fraction of sp³-hybridized carbons (Fsp3) is 1.00. The predicted molar refractivity (Wildman–Crippen MR) is 51.6 cm³/mol. The molecule has 0 aromatic carbocycles. The minimum absolute atomic E-state index is 0. The third-order valence-electron chi connectivity index (χ3n) is 0.957. The van der Waals surface area contributed by atoms with E-state index in [1.54, 1.807) is 0 Å². The number of hydrogen-bond acceptors (Lipinski definition) is 0. The van der Waals surface area contributed by atoms with Crippen LogP contribution in [0.25, 0.3) is 0 Å². The van der Waals surface area contributed by atoms with Crippen molar-refractivity contribution >= 4 is 37.2 Å². The molecule has 0 fully saturated rings. The molecule has 0 aromatic rings. The fourth-order valence-corrected chi connectivity index (χ4v) is 0.500. The van der Waals surface area contributed by atoms with Crippen molar-refractivity contribution < 1.29 is 0 Å². The van der Waals surface area contributed by atoms with Crippen LogP contribution in [-0.2, 0) is 0 Å². The van der Waals surface area contributed by atoms with E-state index in [1.807, 2.05) is 0 Å². The first-order valence-corrected chi connectivity index (χ1v) is 2.91. The molecule has 0 aliphatic heterocycles. The molecule has 0 aliphatic carbocycles. The Labute approximate surface area is 77.0 Å². The molecule has 0 bridgehead atoms. The van der Waals surface area contributed by atoms with Gasteiger partial charge in [-0.3, -0.25) is 0 Å². The highest BCUT2D eigenvalue weighted by atomic mass is 35.5. The zero-order chi connectivity index (χ0) is 4.83. The zero-order valence-corrected chi connectivity index (χ0v) is 8.50. The van der Waals surface area contributed by atoms with E-state index in [1.165, 1.54) is 25.7 Å². The van der Waals surface area contributed by atoms with Crippen LogP contribution in [0.3, 0.4) is 0 Å². The lowest BCUT2D eigenvalue weighted by molar-refractivity contribution is 0.702. The second-order valence-corrected chi connectivity index (χ2v) is 1.71. The first-order valence-electron chi connectivity index (χ1n) is 2.91. The first kappa shape index (κ1) is 22.5. The molecule has 0 atom stereocenters. The van der Waals surface area contributed by atoms with Crippen LogP contribution >= 0.6 is 37.2 Å². The highest BCUT2D eigenvalue weighted by Crippen LogP contribution is 1.95. The van der Waals surface area contributed by atoms with E-state index in [4.69, 9.17) is 0 Å². The molecular formula is C6H17Cl3. The summed E-state index contributed by atoms with van der Waals surface area (Å²) in [6.45, 7) is 4.46. The molecule has 0 spiro atoms. The van der Waals surface area contributed by atoms with Crippen molar-refractivity contribution in [2.24, 2.45) is 0 Å². The van der Waals surface area contributed by atoms with Crippen molar-refractivity contribution in [1.29, 1.82) is 0 Å². The normalized spacial score (nSPS) is 6.00. The maximum absolute atomic E-state index is 2.23. The van der Waals surface area contributed by atoms with E-state index in [-0.39, 0.29) is 37.2 Å². The molecule has 0 radical (unpaired) electrons. The van der Waals surface area contributed by atoms with Crippen LogP contribution in [0.1, 0.15) is 39.5 Å². The second-order valence-electron chi connectivity index (χ2n) is 1.71. The van der Waals surface area contributed by atoms with E-state index in [9.17, 15) is 0 Å². The van der Waals surface area contributed by atoms with Gasteiger partial charge in [0.25, 0.3) is 0 Å². The van der Waals surface area contributed by atoms with Gasteiger partial charge in [-0.05, 0) is 0 Å². The van der Waals surface area contributed by atoms with E-state index in [2.05, 4.69) is 13.8 Å². The van der Waals surface area contributed by atoms with Crippen molar-refractivity contribution in [2.45, 2.75) is 39.5 Å². The van der Waals surface area contributed by atoms with Gasteiger partial charge in [-0.2, -0.15) is 0 Å². The highest BCUT2D eigenvalue weighted by molar-refractivity contribution is 5.86. The lowest BCUT2D eigenvalue weighted by Crippen LogP contribution is -1.66. The van der Waals surface area contributed by atoms with E-state index < -0.39 is 0 Å². The predicted octanol–water partition coefficient (Wildman–Crippen LogP) is 3.85. The van der Waals surface area contributed by atoms with E-state index in [0.717, 1.165) is 0 Å². The van der Waals surface area contributed by atoms with Crippen molar-refractivity contribution in [3.05, 3.63) is 0 Å². The van der Waals surface area contributed by atoms with Gasteiger partial charge in [-0.1, -0.05) is 39.5 Å². The number of rotatable bonds is 3. The standard InChI is InChI=1S/C6H14.3ClH/c1-3-5-6-4-2;;;/h3-6H2,1-2H3;3*1H. The van der Waals surface area contributed by atoms with Crippen LogP contribution in [-0.4, -0.2) is 0 Å². The maximum Gasteiger partial charge on any atom is -0.0536 e. The Morgan fingerprint density at radius 3 is 1.00 bits per heavy atom. The molecule has 62 valence electrons. The number of halogens is 3. The summed E-state index contributed by atoms with van der Waals surface area (Å²) in [7, 11) is 0. The fourth-order valence-electron chi connectivity index (χ4n) is 0.500. The van der Waals surface area contributed by atoms with Gasteiger partial charge in [-0.25, -0.2) is 0 Å². The van der Waals surface area contributed by atoms with Crippen molar-refractivity contribution in [1.82, 2.24) is 0 Å². The Morgan fingerprint density at radius 1 is 0.667 bits per heavy atom. The minimum atomic E-state index is 0. The summed E-state index contributed by atoms with van der Waals surface area (Å²) in [5.41, 5.74) is 0. The molecule has 0 aromatic heterocycles. The summed E-state index contributed by atoms with van der Waals surface area (Å²) in [6.07, 6.45) is 5.54. The van der Waals surface area contributed by atoms with Gasteiger partial charge in [-0.15, -0.1) is 37.2 Å². The summed E-state index contributed by atoms with van der Waals surface area (Å²) < 4.78 is 0. The average molecular weight is 196 g/mol. The van der Waals surface area contributed by atoms with E-state index in [0.29, 0.717) is 0 Å². The molecule has 9 heavy (non-hydrogen) atoms. The molecule has 0 nitrogen and oxygen atoms in total. The van der Waals surface area contributed by atoms with Gasteiger partial charge >= 0.3 is 0 Å². The Balaban J connectivity index is -0.0000000417. The molecule has 0 N–H and O–H groups in total. The summed E-state index contributed by atoms with van der Waals surface area (Å²) in [6, 6.07) is 0. The van der Waals surface area contributed by atoms with Crippen LogP contribution in [0.2, 0.25) is 0 Å². The molecule has 0 unspecified atom stereocenters. The highest BCUT2D eigenvalue weighted by Gasteiger charge is 1.75. The monoisotopic (exact) mass is 194 g/mol. The van der Waals surface area contributed by atoms with Crippen LogP contribution in [0.15, 0.2) is 0 Å². The molecular weight excluding hydrogens is 178 g/mol. The number of unbranched alkanes of at least 4 members (excludes halogenated alkanes) is 3. The summed E-state index contributed by atoms with van der Waals surface area (Å²) in [5, 5.41) is 0. The Bertz CT molecular complexity index is 20.3. The summed E-state index contributed by atoms with van der Waals surface area (Å²) in [4.78, 5) is 0. The van der Waals surface area contributed by atoms with Gasteiger partial charge in [0, 0.05) is 0 Å². The third-order valence-corrected chi connectivity index (χ3v) is 0.957. The molecule has 0 saturated heterocycles. The molecule has 0 aliphatic rings. The summed E-state index contributed by atoms with van der Waals surface area (Å²) >= 11 is 0. The smallest absolute Gasteiger partial charge is 0.0536 e. The Morgan fingerprint density at radius 2 is 0.889 bits per heavy atom. The quantitative estimate of drug-likeness (QED) is 0.600. The SMILES string of the molecule is CCCCCC.Cl.Cl.Cl. The third kappa shape index (κ3) is 28.0. The first-order chi connectivity index (χ1) is 2.91. The van der Waals surface area contributed by atoms with Gasteiger partial charge in [0.1, 0.15) is 0 Å². The molecule has 0 rings (SSSR count). The van der Waals surface area contributed by atoms with Crippen molar-refractivity contribution in [3.63, 3.8) is 0 Å². The number of hydrogen-bond donors (Lipinski definition) is 0. The lowest BCUT2D eigenvalue weighted by Gasteiger charge is -1.86. The largest absolute Gasteiger partial charge is 0.147 e. The molecule has 3 heteroatoms. The van der Waals surface area contributed by atoms with Gasteiger partial charge < -0.3 is 0 Å². The Kier molecular flexibility index (Phi) is 58.0. The Hall–Kier alpha value is 0.870. The van der Waals surface area contributed by atoms with Crippen LogP contribution in [0.4, 0.5) is 0 Å². The van der Waals surface area contributed by atoms with Gasteiger partial charge in [0.2, 0.25) is 0 Å². The summed E-state index contributed by atoms with van der Waals surface area (Å²) in [5.74, 6) is 0. The molecule has 0 amide bonds.